The van der Waals surface area contributed by atoms with Crippen molar-refractivity contribution in [3.63, 3.8) is 0 Å². The van der Waals surface area contributed by atoms with E-state index in [0.717, 1.165) is 5.69 Å². The lowest BCUT2D eigenvalue weighted by molar-refractivity contribution is -0.123. The quantitative estimate of drug-likeness (QED) is 0.815. The molecule has 0 aliphatic rings. The van der Waals surface area contributed by atoms with Gasteiger partial charge in [-0.05, 0) is 31.4 Å². The molecule has 0 spiro atoms. The fourth-order valence-electron chi connectivity index (χ4n) is 1.64. The van der Waals surface area contributed by atoms with Crippen molar-refractivity contribution in [2.75, 3.05) is 0 Å². The molecule has 0 unspecified atom stereocenters. The summed E-state index contributed by atoms with van der Waals surface area (Å²) in [5, 5.41) is 2.87. The molecule has 17 heavy (non-hydrogen) atoms. The molecule has 1 heterocycles. The Morgan fingerprint density at radius 3 is 2.65 bits per heavy atom. The van der Waals surface area contributed by atoms with Crippen LogP contribution in [0.1, 0.15) is 38.9 Å². The van der Waals surface area contributed by atoms with Gasteiger partial charge in [0.05, 0.1) is 17.8 Å². The first-order chi connectivity index (χ1) is 8.00. The number of hydrogen-bond acceptors (Lipinski definition) is 3. The van der Waals surface area contributed by atoms with Gasteiger partial charge in [0.15, 0.2) is 0 Å². The standard InChI is InChI=1S/C13H21N3O/c1-9(2)8-11(14)13(17)16-10(3)12-6-4-5-7-15-12/h4-7,9-11H,8,14H2,1-3H3,(H,16,17)/t10-,11-/m1/s1. The molecule has 1 aromatic heterocycles. The van der Waals surface area contributed by atoms with Crippen LogP contribution in [0.25, 0.3) is 0 Å². The highest BCUT2D eigenvalue weighted by molar-refractivity contribution is 5.81. The van der Waals surface area contributed by atoms with Crippen LogP contribution in [0.15, 0.2) is 24.4 Å². The molecule has 1 amide bonds. The first kappa shape index (κ1) is 13.6. The Balaban J connectivity index is 2.51. The maximum Gasteiger partial charge on any atom is 0.237 e. The van der Waals surface area contributed by atoms with Gasteiger partial charge in [-0.3, -0.25) is 9.78 Å². The largest absolute Gasteiger partial charge is 0.347 e. The van der Waals surface area contributed by atoms with Crippen molar-refractivity contribution >= 4 is 5.91 Å². The van der Waals surface area contributed by atoms with Gasteiger partial charge < -0.3 is 11.1 Å². The highest BCUT2D eigenvalue weighted by atomic mass is 16.2. The van der Waals surface area contributed by atoms with Gasteiger partial charge in [-0.15, -0.1) is 0 Å². The minimum Gasteiger partial charge on any atom is -0.347 e. The lowest BCUT2D eigenvalue weighted by Gasteiger charge is -2.18. The van der Waals surface area contributed by atoms with Gasteiger partial charge in [-0.2, -0.15) is 0 Å². The van der Waals surface area contributed by atoms with E-state index in [1.165, 1.54) is 0 Å². The third-order valence-corrected chi connectivity index (χ3v) is 2.55. The molecule has 4 nitrogen and oxygen atoms in total. The predicted octanol–water partition coefficient (Wildman–Crippen LogP) is 1.63. The fraction of sp³-hybridized carbons (Fsp3) is 0.538. The average molecular weight is 235 g/mol. The van der Waals surface area contributed by atoms with Crippen LogP contribution >= 0.6 is 0 Å². The van der Waals surface area contributed by atoms with E-state index in [2.05, 4.69) is 24.1 Å². The van der Waals surface area contributed by atoms with Gasteiger partial charge in [0, 0.05) is 6.20 Å². The number of nitrogens with two attached hydrogens (primary N) is 1. The molecule has 1 aromatic rings. The highest BCUT2D eigenvalue weighted by Crippen LogP contribution is 2.09. The Morgan fingerprint density at radius 2 is 2.12 bits per heavy atom. The van der Waals surface area contributed by atoms with E-state index in [1.807, 2.05) is 25.1 Å². The molecule has 0 saturated carbocycles. The van der Waals surface area contributed by atoms with Crippen LogP contribution in [0, 0.1) is 5.92 Å². The lowest BCUT2D eigenvalue weighted by atomic mass is 10.0. The Labute approximate surface area is 103 Å². The third-order valence-electron chi connectivity index (χ3n) is 2.55. The summed E-state index contributed by atoms with van der Waals surface area (Å²) in [6.07, 6.45) is 2.41. The van der Waals surface area contributed by atoms with Crippen LogP contribution in [0.4, 0.5) is 0 Å². The first-order valence-electron chi connectivity index (χ1n) is 5.97. The van der Waals surface area contributed by atoms with Crippen LogP contribution < -0.4 is 11.1 Å². The highest BCUT2D eigenvalue weighted by Gasteiger charge is 2.17. The summed E-state index contributed by atoms with van der Waals surface area (Å²) in [6.45, 7) is 6.01. The normalized spacial score (nSPS) is 14.4. The van der Waals surface area contributed by atoms with E-state index in [0.29, 0.717) is 12.3 Å². The molecule has 1 rings (SSSR count). The second-order valence-corrected chi connectivity index (χ2v) is 4.72. The summed E-state index contributed by atoms with van der Waals surface area (Å²) in [5.41, 5.74) is 6.66. The summed E-state index contributed by atoms with van der Waals surface area (Å²) in [4.78, 5) is 16.0. The zero-order chi connectivity index (χ0) is 12.8. The molecule has 0 saturated heterocycles. The third kappa shape index (κ3) is 4.53. The van der Waals surface area contributed by atoms with Crippen molar-refractivity contribution in [2.24, 2.45) is 11.7 Å². The molecule has 2 atom stereocenters. The van der Waals surface area contributed by atoms with Crippen LogP contribution in [0.5, 0.6) is 0 Å². The van der Waals surface area contributed by atoms with E-state index in [1.54, 1.807) is 6.20 Å². The van der Waals surface area contributed by atoms with Gasteiger partial charge in [-0.25, -0.2) is 0 Å². The van der Waals surface area contributed by atoms with Crippen molar-refractivity contribution in [1.29, 1.82) is 0 Å². The van der Waals surface area contributed by atoms with Crippen LogP contribution in [-0.2, 0) is 4.79 Å². The van der Waals surface area contributed by atoms with Crippen molar-refractivity contribution < 1.29 is 4.79 Å². The van der Waals surface area contributed by atoms with Gasteiger partial charge in [0.1, 0.15) is 0 Å². The number of carbonyl (C=O) groups is 1. The number of amides is 1. The summed E-state index contributed by atoms with van der Waals surface area (Å²) < 4.78 is 0. The number of pyridine rings is 1. The first-order valence-corrected chi connectivity index (χ1v) is 5.97. The van der Waals surface area contributed by atoms with Gasteiger partial charge in [0.2, 0.25) is 5.91 Å². The molecular formula is C13H21N3O. The molecule has 4 heteroatoms. The second-order valence-electron chi connectivity index (χ2n) is 4.72. The zero-order valence-corrected chi connectivity index (χ0v) is 10.7. The van der Waals surface area contributed by atoms with E-state index >= 15 is 0 Å². The monoisotopic (exact) mass is 235 g/mol. The van der Waals surface area contributed by atoms with Crippen molar-refractivity contribution in [2.45, 2.75) is 39.3 Å². The molecular weight excluding hydrogens is 214 g/mol. The maximum absolute atomic E-state index is 11.8. The fourth-order valence-corrected chi connectivity index (χ4v) is 1.64. The smallest absolute Gasteiger partial charge is 0.237 e. The van der Waals surface area contributed by atoms with E-state index in [-0.39, 0.29) is 11.9 Å². The van der Waals surface area contributed by atoms with Crippen molar-refractivity contribution in [3.8, 4) is 0 Å². The van der Waals surface area contributed by atoms with Crippen LogP contribution in [-0.4, -0.2) is 16.9 Å². The van der Waals surface area contributed by atoms with E-state index in [9.17, 15) is 4.79 Å². The Bertz CT molecular complexity index is 351. The molecule has 0 aromatic carbocycles. The lowest BCUT2D eigenvalue weighted by Crippen LogP contribution is -2.42. The molecule has 94 valence electrons. The zero-order valence-electron chi connectivity index (χ0n) is 10.7. The minimum atomic E-state index is -0.443. The number of aromatic nitrogens is 1. The van der Waals surface area contributed by atoms with Gasteiger partial charge in [-0.1, -0.05) is 19.9 Å². The number of hydrogen-bond donors (Lipinski definition) is 2. The average Bonchev–Trinajstić information content (AvgIpc) is 2.29. The molecule has 0 radical (unpaired) electrons. The SMILES string of the molecule is CC(C)C[C@@H](N)C(=O)N[C@H](C)c1ccccn1. The summed E-state index contributed by atoms with van der Waals surface area (Å²) in [6, 6.07) is 5.09. The van der Waals surface area contributed by atoms with Crippen molar-refractivity contribution in [1.82, 2.24) is 10.3 Å². The van der Waals surface area contributed by atoms with E-state index < -0.39 is 6.04 Å². The number of nitrogens with zero attached hydrogens (tertiary/aromatic N) is 1. The molecule has 0 fully saturated rings. The summed E-state index contributed by atoms with van der Waals surface area (Å²) >= 11 is 0. The Morgan fingerprint density at radius 1 is 1.41 bits per heavy atom. The Hall–Kier alpha value is -1.42. The minimum absolute atomic E-state index is 0.109. The molecule has 0 bridgehead atoms. The number of nitrogens with one attached hydrogen (secondary N) is 1. The maximum atomic E-state index is 11.8. The van der Waals surface area contributed by atoms with Gasteiger partial charge in [0.25, 0.3) is 0 Å². The van der Waals surface area contributed by atoms with Crippen molar-refractivity contribution in [3.05, 3.63) is 30.1 Å². The van der Waals surface area contributed by atoms with Crippen LogP contribution in [0.2, 0.25) is 0 Å². The molecule has 0 aliphatic heterocycles. The van der Waals surface area contributed by atoms with Crippen LogP contribution in [0.3, 0.4) is 0 Å². The predicted molar refractivity (Wildman–Crippen MR) is 68.2 cm³/mol. The Kier molecular flexibility index (Phi) is 5.10. The summed E-state index contributed by atoms with van der Waals surface area (Å²) in [7, 11) is 0. The second kappa shape index (κ2) is 6.35. The number of rotatable bonds is 5. The van der Waals surface area contributed by atoms with Gasteiger partial charge >= 0.3 is 0 Å². The summed E-state index contributed by atoms with van der Waals surface area (Å²) in [5.74, 6) is 0.303. The molecule has 3 N–H and O–H groups in total. The topological polar surface area (TPSA) is 68.0 Å². The van der Waals surface area contributed by atoms with E-state index in [4.69, 9.17) is 5.73 Å². The number of carbonyl (C=O) groups excluding carboxylic acids is 1. The molecule has 0 aliphatic carbocycles.